The average molecular weight is 246 g/mol. The van der Waals surface area contributed by atoms with Gasteiger partial charge in [0.15, 0.2) is 0 Å². The van der Waals surface area contributed by atoms with Crippen molar-refractivity contribution in [3.05, 3.63) is 58.8 Å². The lowest BCUT2D eigenvalue weighted by Gasteiger charge is -2.10. The van der Waals surface area contributed by atoms with E-state index < -0.39 is 6.10 Å². The third-order valence-electron chi connectivity index (χ3n) is 2.94. The Balaban J connectivity index is 2.12. The Morgan fingerprint density at radius 3 is 2.50 bits per heavy atom. The van der Waals surface area contributed by atoms with Crippen LogP contribution in [0.2, 0.25) is 0 Å². The zero-order valence-corrected chi connectivity index (χ0v) is 10.5. The van der Waals surface area contributed by atoms with Gasteiger partial charge in [0.1, 0.15) is 0 Å². The van der Waals surface area contributed by atoms with E-state index in [1.165, 1.54) is 0 Å². The van der Waals surface area contributed by atoms with Crippen molar-refractivity contribution in [2.45, 2.75) is 32.5 Å². The lowest BCUT2D eigenvalue weighted by molar-refractivity contribution is 0.155. The molecule has 2 rings (SSSR count). The highest BCUT2D eigenvalue weighted by molar-refractivity contribution is 5.17. The summed E-state index contributed by atoms with van der Waals surface area (Å²) in [5, 5.41) is 10.1. The monoisotopic (exact) mass is 246 g/mol. The Kier molecular flexibility index (Phi) is 3.99. The number of imidazole rings is 1. The molecule has 1 N–H and O–H groups in total. The fraction of sp³-hybridized carbons (Fsp3) is 0.357. The molecule has 0 saturated carbocycles. The van der Waals surface area contributed by atoms with Crippen LogP contribution >= 0.6 is 0 Å². The van der Waals surface area contributed by atoms with Crippen molar-refractivity contribution < 1.29 is 5.11 Å². The van der Waals surface area contributed by atoms with Gasteiger partial charge in [-0.2, -0.15) is 0 Å². The van der Waals surface area contributed by atoms with E-state index in [4.69, 9.17) is 0 Å². The Bertz CT molecular complexity index is 542. The van der Waals surface area contributed by atoms with Gasteiger partial charge >= 0.3 is 5.69 Å². The predicted octanol–water partition coefficient (Wildman–Crippen LogP) is 1.79. The minimum atomic E-state index is -0.652. The Hall–Kier alpha value is -1.81. The molecule has 1 unspecified atom stereocenters. The number of nitrogens with zero attached hydrogens (tertiary/aromatic N) is 2. The summed E-state index contributed by atoms with van der Waals surface area (Å²) in [7, 11) is 0. The molecule has 1 aromatic carbocycles. The third kappa shape index (κ3) is 2.71. The lowest BCUT2D eigenvalue weighted by Crippen LogP contribution is -2.26. The van der Waals surface area contributed by atoms with Gasteiger partial charge in [-0.25, -0.2) is 4.79 Å². The highest BCUT2D eigenvalue weighted by Gasteiger charge is 2.10. The van der Waals surface area contributed by atoms with Crippen LogP contribution in [-0.2, 0) is 13.1 Å². The fourth-order valence-electron chi connectivity index (χ4n) is 1.97. The molecule has 96 valence electrons. The van der Waals surface area contributed by atoms with Crippen LogP contribution in [0.15, 0.2) is 47.5 Å². The van der Waals surface area contributed by atoms with Gasteiger partial charge in [-0.3, -0.25) is 9.13 Å². The van der Waals surface area contributed by atoms with Crippen LogP contribution in [0.1, 0.15) is 25.0 Å². The van der Waals surface area contributed by atoms with Crippen molar-refractivity contribution >= 4 is 0 Å². The van der Waals surface area contributed by atoms with Crippen molar-refractivity contribution in [1.29, 1.82) is 0 Å². The average Bonchev–Trinajstić information content (AvgIpc) is 2.73. The molecule has 0 radical (unpaired) electrons. The normalized spacial score (nSPS) is 12.6. The van der Waals surface area contributed by atoms with Crippen molar-refractivity contribution in [2.75, 3.05) is 0 Å². The van der Waals surface area contributed by atoms with Crippen LogP contribution in [0.5, 0.6) is 0 Å². The Morgan fingerprint density at radius 2 is 1.83 bits per heavy atom. The quantitative estimate of drug-likeness (QED) is 0.874. The van der Waals surface area contributed by atoms with Crippen molar-refractivity contribution in [3.63, 3.8) is 0 Å². The maximum Gasteiger partial charge on any atom is 0.328 e. The number of aromatic nitrogens is 2. The van der Waals surface area contributed by atoms with Gasteiger partial charge in [-0.1, -0.05) is 37.3 Å². The molecule has 4 nitrogen and oxygen atoms in total. The van der Waals surface area contributed by atoms with Crippen LogP contribution in [-0.4, -0.2) is 14.2 Å². The molecule has 1 heterocycles. The standard InChI is InChI=1S/C14H18N2O2/c1-2-8-15-9-10-16(14(15)18)11-13(17)12-6-4-3-5-7-12/h3-7,9-10,13,17H,2,8,11H2,1H3. The van der Waals surface area contributed by atoms with Crippen LogP contribution in [0.3, 0.4) is 0 Å². The van der Waals surface area contributed by atoms with Crippen molar-refractivity contribution in [3.8, 4) is 0 Å². The fourth-order valence-corrected chi connectivity index (χ4v) is 1.97. The molecule has 2 aromatic rings. The van der Waals surface area contributed by atoms with E-state index in [9.17, 15) is 9.90 Å². The summed E-state index contributed by atoms with van der Waals surface area (Å²) >= 11 is 0. The largest absolute Gasteiger partial charge is 0.387 e. The van der Waals surface area contributed by atoms with Gasteiger partial charge in [0, 0.05) is 18.9 Å². The summed E-state index contributed by atoms with van der Waals surface area (Å²) in [5.41, 5.74) is 0.763. The molecular weight excluding hydrogens is 228 g/mol. The molecule has 0 spiro atoms. The topological polar surface area (TPSA) is 47.2 Å². The molecular formula is C14H18N2O2. The number of hydrogen-bond donors (Lipinski definition) is 1. The lowest BCUT2D eigenvalue weighted by atomic mass is 10.1. The van der Waals surface area contributed by atoms with E-state index in [0.29, 0.717) is 13.1 Å². The van der Waals surface area contributed by atoms with Crippen LogP contribution in [0, 0.1) is 0 Å². The second-order valence-electron chi connectivity index (χ2n) is 4.35. The van der Waals surface area contributed by atoms with Gasteiger partial charge in [0.2, 0.25) is 0 Å². The molecule has 0 fully saturated rings. The third-order valence-corrected chi connectivity index (χ3v) is 2.94. The van der Waals surface area contributed by atoms with Gasteiger partial charge in [-0.05, 0) is 12.0 Å². The number of hydrogen-bond acceptors (Lipinski definition) is 2. The highest BCUT2D eigenvalue weighted by Crippen LogP contribution is 2.13. The summed E-state index contributed by atoms with van der Waals surface area (Å²) < 4.78 is 3.21. The maximum atomic E-state index is 11.9. The molecule has 0 bridgehead atoms. The Labute approximate surface area is 106 Å². The van der Waals surface area contributed by atoms with E-state index in [1.807, 2.05) is 37.3 Å². The van der Waals surface area contributed by atoms with Crippen molar-refractivity contribution in [2.24, 2.45) is 0 Å². The molecule has 0 aliphatic rings. The number of benzene rings is 1. The van der Waals surface area contributed by atoms with E-state index in [0.717, 1.165) is 12.0 Å². The molecule has 0 amide bonds. The minimum absolute atomic E-state index is 0.0631. The van der Waals surface area contributed by atoms with Gasteiger partial charge < -0.3 is 5.11 Å². The zero-order valence-electron chi connectivity index (χ0n) is 10.5. The molecule has 4 heteroatoms. The highest BCUT2D eigenvalue weighted by atomic mass is 16.3. The summed E-state index contributed by atoms with van der Waals surface area (Å²) in [6.45, 7) is 3.04. The molecule has 18 heavy (non-hydrogen) atoms. The van der Waals surface area contributed by atoms with Crippen LogP contribution < -0.4 is 5.69 Å². The molecule has 0 aliphatic carbocycles. The number of aliphatic hydroxyl groups excluding tert-OH is 1. The van der Waals surface area contributed by atoms with E-state index >= 15 is 0 Å². The molecule has 0 saturated heterocycles. The summed E-state index contributed by atoms with van der Waals surface area (Å²) in [4.78, 5) is 11.9. The SMILES string of the molecule is CCCn1ccn(CC(O)c2ccccc2)c1=O. The van der Waals surface area contributed by atoms with Gasteiger partial charge in [-0.15, -0.1) is 0 Å². The summed E-state index contributed by atoms with van der Waals surface area (Å²) in [6, 6.07) is 9.38. The minimum Gasteiger partial charge on any atom is -0.387 e. The summed E-state index contributed by atoms with van der Waals surface area (Å²) in [6.07, 6.45) is 3.76. The smallest absolute Gasteiger partial charge is 0.328 e. The first kappa shape index (κ1) is 12.6. The van der Waals surface area contributed by atoms with Gasteiger partial charge in [0.05, 0.1) is 12.6 Å². The van der Waals surface area contributed by atoms with E-state index in [2.05, 4.69) is 0 Å². The number of aryl methyl sites for hydroxylation is 1. The van der Waals surface area contributed by atoms with Crippen LogP contribution in [0.4, 0.5) is 0 Å². The van der Waals surface area contributed by atoms with Gasteiger partial charge in [0.25, 0.3) is 0 Å². The molecule has 1 atom stereocenters. The number of aliphatic hydroxyl groups is 1. The molecule has 1 aromatic heterocycles. The van der Waals surface area contributed by atoms with E-state index in [-0.39, 0.29) is 5.69 Å². The van der Waals surface area contributed by atoms with Crippen molar-refractivity contribution in [1.82, 2.24) is 9.13 Å². The first-order chi connectivity index (χ1) is 8.72. The zero-order chi connectivity index (χ0) is 13.0. The summed E-state index contributed by atoms with van der Waals surface area (Å²) in [5.74, 6) is 0. The predicted molar refractivity (Wildman–Crippen MR) is 70.4 cm³/mol. The maximum absolute atomic E-state index is 11.9. The molecule has 0 aliphatic heterocycles. The second kappa shape index (κ2) is 5.69. The second-order valence-corrected chi connectivity index (χ2v) is 4.35. The van der Waals surface area contributed by atoms with Crippen LogP contribution in [0.25, 0.3) is 0 Å². The first-order valence-corrected chi connectivity index (χ1v) is 6.21. The Morgan fingerprint density at radius 1 is 1.17 bits per heavy atom. The van der Waals surface area contributed by atoms with E-state index in [1.54, 1.807) is 21.5 Å². The number of rotatable bonds is 5. The first-order valence-electron chi connectivity index (χ1n) is 6.21.